The first-order chi connectivity index (χ1) is 6.81. The minimum Gasteiger partial charge on any atom is -0.497 e. The molecule has 1 unspecified atom stereocenters. The van der Waals surface area contributed by atoms with E-state index in [-0.39, 0.29) is 11.9 Å². The fourth-order valence-electron chi connectivity index (χ4n) is 1.87. The summed E-state index contributed by atoms with van der Waals surface area (Å²) in [4.78, 5) is 0. The summed E-state index contributed by atoms with van der Waals surface area (Å²) >= 11 is 0. The molecule has 2 nitrogen and oxygen atoms in total. The lowest BCUT2D eigenvalue weighted by atomic mass is 10.0. The third kappa shape index (κ3) is 1.73. The van der Waals surface area contributed by atoms with Gasteiger partial charge in [-0.15, -0.1) is 0 Å². The number of halogens is 1. The van der Waals surface area contributed by atoms with Crippen molar-refractivity contribution < 1.29 is 9.13 Å². The Kier molecular flexibility index (Phi) is 2.68. The van der Waals surface area contributed by atoms with Crippen LogP contribution in [0.5, 0.6) is 5.75 Å². The van der Waals surface area contributed by atoms with Crippen molar-refractivity contribution in [3.05, 3.63) is 29.6 Å². The van der Waals surface area contributed by atoms with Crippen molar-refractivity contribution in [1.82, 2.24) is 5.32 Å². The van der Waals surface area contributed by atoms with E-state index in [1.807, 2.05) is 0 Å². The van der Waals surface area contributed by atoms with Gasteiger partial charge in [0.05, 0.1) is 7.11 Å². The Labute approximate surface area is 83.1 Å². The normalized spacial score (nSPS) is 21.1. The lowest BCUT2D eigenvalue weighted by Crippen LogP contribution is -2.14. The first-order valence-corrected chi connectivity index (χ1v) is 4.88. The van der Waals surface area contributed by atoms with Crippen molar-refractivity contribution in [1.29, 1.82) is 0 Å². The molecular formula is C11H14FNO. The quantitative estimate of drug-likeness (QED) is 0.781. The fraction of sp³-hybridized carbons (Fsp3) is 0.455. The van der Waals surface area contributed by atoms with E-state index < -0.39 is 0 Å². The Morgan fingerprint density at radius 2 is 2.36 bits per heavy atom. The molecule has 1 atom stereocenters. The second kappa shape index (κ2) is 3.96. The molecule has 1 N–H and O–H groups in total. The van der Waals surface area contributed by atoms with Crippen molar-refractivity contribution in [2.45, 2.75) is 18.9 Å². The Morgan fingerprint density at radius 3 is 2.93 bits per heavy atom. The second-order valence-electron chi connectivity index (χ2n) is 3.54. The molecule has 1 fully saturated rings. The minimum absolute atomic E-state index is 0.177. The zero-order chi connectivity index (χ0) is 9.97. The number of nitrogens with one attached hydrogen (secondary N) is 1. The molecule has 1 heterocycles. The molecule has 0 amide bonds. The van der Waals surface area contributed by atoms with Gasteiger partial charge >= 0.3 is 0 Å². The predicted octanol–water partition coefficient (Wildman–Crippen LogP) is 2.26. The molecule has 1 aromatic carbocycles. The van der Waals surface area contributed by atoms with Gasteiger partial charge in [0.2, 0.25) is 0 Å². The summed E-state index contributed by atoms with van der Waals surface area (Å²) < 4.78 is 18.5. The molecule has 1 aliphatic rings. The van der Waals surface area contributed by atoms with Crippen molar-refractivity contribution in [2.24, 2.45) is 0 Å². The van der Waals surface area contributed by atoms with Crippen LogP contribution in [-0.4, -0.2) is 13.7 Å². The monoisotopic (exact) mass is 195 g/mol. The van der Waals surface area contributed by atoms with Crippen LogP contribution < -0.4 is 10.1 Å². The predicted molar refractivity (Wildman–Crippen MR) is 52.9 cm³/mol. The number of benzene rings is 1. The summed E-state index contributed by atoms with van der Waals surface area (Å²) in [7, 11) is 1.54. The van der Waals surface area contributed by atoms with Crippen molar-refractivity contribution >= 4 is 0 Å². The van der Waals surface area contributed by atoms with Crippen molar-refractivity contribution in [2.75, 3.05) is 13.7 Å². The molecule has 14 heavy (non-hydrogen) atoms. The number of rotatable bonds is 2. The van der Waals surface area contributed by atoms with Crippen LogP contribution in [0.2, 0.25) is 0 Å². The van der Waals surface area contributed by atoms with Crippen LogP contribution in [0.4, 0.5) is 4.39 Å². The molecular weight excluding hydrogens is 181 g/mol. The van der Waals surface area contributed by atoms with E-state index in [0.29, 0.717) is 5.75 Å². The highest BCUT2D eigenvalue weighted by atomic mass is 19.1. The standard InChI is InChI=1S/C11H14FNO/c1-14-8-4-5-9(10(12)7-8)11-3-2-6-13-11/h4-5,7,11,13H,2-3,6H2,1H3. The molecule has 0 saturated carbocycles. The maximum absolute atomic E-state index is 13.6. The highest BCUT2D eigenvalue weighted by Crippen LogP contribution is 2.27. The molecule has 2 rings (SSSR count). The summed E-state index contributed by atoms with van der Waals surface area (Å²) in [6.45, 7) is 0.982. The Hall–Kier alpha value is -1.09. The van der Waals surface area contributed by atoms with Gasteiger partial charge in [-0.2, -0.15) is 0 Å². The molecule has 0 aromatic heterocycles. The number of methoxy groups -OCH3 is 1. The maximum atomic E-state index is 13.6. The molecule has 76 valence electrons. The number of ether oxygens (including phenoxy) is 1. The first kappa shape index (κ1) is 9.46. The van der Waals surface area contributed by atoms with E-state index in [2.05, 4.69) is 5.32 Å². The average Bonchev–Trinajstić information content (AvgIpc) is 2.70. The average molecular weight is 195 g/mol. The summed E-state index contributed by atoms with van der Waals surface area (Å²) in [5, 5.41) is 3.27. The van der Waals surface area contributed by atoms with Crippen LogP contribution in [0.25, 0.3) is 0 Å². The molecule has 1 aromatic rings. The largest absolute Gasteiger partial charge is 0.497 e. The van der Waals surface area contributed by atoms with E-state index in [9.17, 15) is 4.39 Å². The molecule has 3 heteroatoms. The number of hydrogen-bond donors (Lipinski definition) is 1. The molecule has 0 bridgehead atoms. The van der Waals surface area contributed by atoms with Gasteiger partial charge in [0.1, 0.15) is 11.6 Å². The van der Waals surface area contributed by atoms with Gasteiger partial charge in [-0.3, -0.25) is 0 Å². The van der Waals surface area contributed by atoms with Crippen molar-refractivity contribution in [3.63, 3.8) is 0 Å². The maximum Gasteiger partial charge on any atom is 0.131 e. The summed E-state index contributed by atoms with van der Waals surface area (Å²) in [5.74, 6) is 0.396. The van der Waals surface area contributed by atoms with Crippen LogP contribution >= 0.6 is 0 Å². The Bertz CT molecular complexity index is 321. The second-order valence-corrected chi connectivity index (χ2v) is 3.54. The van der Waals surface area contributed by atoms with Crippen LogP contribution in [-0.2, 0) is 0 Å². The van der Waals surface area contributed by atoms with Crippen LogP contribution in [0.15, 0.2) is 18.2 Å². The van der Waals surface area contributed by atoms with Gasteiger partial charge in [-0.05, 0) is 25.5 Å². The van der Waals surface area contributed by atoms with Gasteiger partial charge in [0, 0.05) is 17.7 Å². The zero-order valence-electron chi connectivity index (χ0n) is 8.22. The highest BCUT2D eigenvalue weighted by Gasteiger charge is 2.19. The van der Waals surface area contributed by atoms with Crippen LogP contribution in [0.3, 0.4) is 0 Å². The highest BCUT2D eigenvalue weighted by molar-refractivity contribution is 5.31. The lowest BCUT2D eigenvalue weighted by molar-refractivity contribution is 0.410. The summed E-state index contributed by atoms with van der Waals surface area (Å²) in [6.07, 6.45) is 2.14. The number of hydrogen-bond acceptors (Lipinski definition) is 2. The summed E-state index contributed by atoms with van der Waals surface area (Å²) in [5.41, 5.74) is 0.753. The van der Waals surface area contributed by atoms with E-state index in [0.717, 1.165) is 24.9 Å². The minimum atomic E-state index is -0.177. The first-order valence-electron chi connectivity index (χ1n) is 4.88. The van der Waals surface area contributed by atoms with Gasteiger partial charge in [0.25, 0.3) is 0 Å². The van der Waals surface area contributed by atoms with Crippen LogP contribution in [0.1, 0.15) is 24.4 Å². The topological polar surface area (TPSA) is 21.3 Å². The van der Waals surface area contributed by atoms with Crippen molar-refractivity contribution in [3.8, 4) is 5.75 Å². The molecule has 0 radical (unpaired) electrons. The SMILES string of the molecule is COc1ccc(C2CCCN2)c(F)c1. The third-order valence-corrected chi connectivity index (χ3v) is 2.64. The molecule has 0 spiro atoms. The smallest absolute Gasteiger partial charge is 0.131 e. The third-order valence-electron chi connectivity index (χ3n) is 2.64. The van der Waals surface area contributed by atoms with E-state index in [1.54, 1.807) is 19.2 Å². The molecule has 1 aliphatic heterocycles. The fourth-order valence-corrected chi connectivity index (χ4v) is 1.87. The van der Waals surface area contributed by atoms with Gasteiger partial charge in [-0.25, -0.2) is 4.39 Å². The van der Waals surface area contributed by atoms with E-state index in [1.165, 1.54) is 6.07 Å². The summed E-state index contributed by atoms with van der Waals surface area (Å²) in [6, 6.07) is 5.23. The Balaban J connectivity index is 2.25. The van der Waals surface area contributed by atoms with Crippen LogP contribution in [0, 0.1) is 5.82 Å². The molecule has 0 aliphatic carbocycles. The van der Waals surface area contributed by atoms with Gasteiger partial charge in [-0.1, -0.05) is 6.07 Å². The molecule has 1 saturated heterocycles. The lowest BCUT2D eigenvalue weighted by Gasteiger charge is -2.12. The van der Waals surface area contributed by atoms with E-state index in [4.69, 9.17) is 4.74 Å². The van der Waals surface area contributed by atoms with Gasteiger partial charge < -0.3 is 10.1 Å². The van der Waals surface area contributed by atoms with E-state index >= 15 is 0 Å². The zero-order valence-corrected chi connectivity index (χ0v) is 8.22. The Morgan fingerprint density at radius 1 is 1.50 bits per heavy atom. The van der Waals surface area contributed by atoms with Gasteiger partial charge in [0.15, 0.2) is 0 Å².